The Balaban J connectivity index is 3.06. The summed E-state index contributed by atoms with van der Waals surface area (Å²) in [6.45, 7) is 14.7. The lowest BCUT2D eigenvalue weighted by Crippen LogP contribution is -2.57. The number of unbranched alkanes of at least 4 members (excludes halogenated alkanes) is 1. The number of amides is 5. The SMILES string of the molecule is CCCCC(NC(=O)C(Cc1ccccc1)NC(=O)CC(C)C)C(=O)NC(CC(C)C)C(O)CC(=O)NC(C)C(=O)NC(CC(C)C)C(O)CC(=O)O. The second-order valence-electron chi connectivity index (χ2n) is 15.3. The molecule has 14 heteroatoms. The van der Waals surface area contributed by atoms with Crippen LogP contribution in [0.5, 0.6) is 0 Å². The van der Waals surface area contributed by atoms with E-state index in [2.05, 4.69) is 26.6 Å². The molecular weight excluding hydrogens is 682 g/mol. The molecule has 0 spiro atoms. The Hall–Kier alpha value is -4.04. The number of hydrogen-bond donors (Lipinski definition) is 8. The van der Waals surface area contributed by atoms with Crippen LogP contribution in [0.4, 0.5) is 0 Å². The van der Waals surface area contributed by atoms with Gasteiger partial charge in [-0.1, -0.05) is 91.6 Å². The first-order chi connectivity index (χ1) is 24.8. The van der Waals surface area contributed by atoms with Crippen molar-refractivity contribution in [1.29, 1.82) is 0 Å². The summed E-state index contributed by atoms with van der Waals surface area (Å²) in [5.74, 6) is -3.70. The first kappa shape index (κ1) is 47.0. The molecule has 14 nitrogen and oxygen atoms in total. The lowest BCUT2D eigenvalue weighted by Gasteiger charge is -2.29. The zero-order valence-electron chi connectivity index (χ0n) is 32.8. The summed E-state index contributed by atoms with van der Waals surface area (Å²) in [6, 6.07) is 4.55. The van der Waals surface area contributed by atoms with E-state index in [1.54, 1.807) is 0 Å². The Morgan fingerprint density at radius 2 is 1.11 bits per heavy atom. The largest absolute Gasteiger partial charge is 0.481 e. The maximum absolute atomic E-state index is 13.7. The van der Waals surface area contributed by atoms with Crippen molar-refractivity contribution in [2.24, 2.45) is 17.8 Å². The number of benzene rings is 1. The zero-order valence-corrected chi connectivity index (χ0v) is 32.8. The highest BCUT2D eigenvalue weighted by Crippen LogP contribution is 2.15. The van der Waals surface area contributed by atoms with Gasteiger partial charge in [0.25, 0.3) is 0 Å². The zero-order chi connectivity index (χ0) is 40.2. The van der Waals surface area contributed by atoms with E-state index in [1.807, 2.05) is 78.8 Å². The van der Waals surface area contributed by atoms with E-state index in [1.165, 1.54) is 6.92 Å². The number of carbonyl (C=O) groups is 6. The Morgan fingerprint density at radius 3 is 1.62 bits per heavy atom. The normalized spacial score (nSPS) is 15.4. The lowest BCUT2D eigenvalue weighted by molar-refractivity contribution is -0.140. The summed E-state index contributed by atoms with van der Waals surface area (Å²) in [4.78, 5) is 77.2. The van der Waals surface area contributed by atoms with Crippen molar-refractivity contribution >= 4 is 35.5 Å². The Morgan fingerprint density at radius 1 is 0.604 bits per heavy atom. The van der Waals surface area contributed by atoms with Gasteiger partial charge < -0.3 is 41.9 Å². The van der Waals surface area contributed by atoms with E-state index >= 15 is 0 Å². The lowest BCUT2D eigenvalue weighted by atomic mass is 9.96. The van der Waals surface area contributed by atoms with Crippen LogP contribution in [0.2, 0.25) is 0 Å². The molecule has 5 amide bonds. The quantitative estimate of drug-likeness (QED) is 0.0735. The Labute approximate surface area is 315 Å². The second kappa shape index (κ2) is 24.3. The average molecular weight is 748 g/mol. The smallest absolute Gasteiger partial charge is 0.306 e. The molecule has 0 aliphatic heterocycles. The van der Waals surface area contributed by atoms with Crippen LogP contribution in [-0.4, -0.2) is 93.2 Å². The number of nitrogens with one attached hydrogen (secondary N) is 5. The fraction of sp³-hybridized carbons (Fsp3) is 0.692. The molecule has 0 heterocycles. The number of hydrogen-bond acceptors (Lipinski definition) is 8. The van der Waals surface area contributed by atoms with E-state index in [0.717, 1.165) is 12.0 Å². The van der Waals surface area contributed by atoms with Gasteiger partial charge >= 0.3 is 5.97 Å². The van der Waals surface area contributed by atoms with Crippen LogP contribution in [0.3, 0.4) is 0 Å². The molecule has 0 saturated heterocycles. The predicted molar refractivity (Wildman–Crippen MR) is 202 cm³/mol. The van der Waals surface area contributed by atoms with Gasteiger partial charge in [0.2, 0.25) is 29.5 Å². The summed E-state index contributed by atoms with van der Waals surface area (Å²) < 4.78 is 0. The van der Waals surface area contributed by atoms with Gasteiger partial charge in [-0.3, -0.25) is 28.8 Å². The molecule has 53 heavy (non-hydrogen) atoms. The Bertz CT molecular complexity index is 1310. The van der Waals surface area contributed by atoms with Crippen LogP contribution >= 0.6 is 0 Å². The molecule has 0 radical (unpaired) electrons. The van der Waals surface area contributed by atoms with Crippen LogP contribution in [0.1, 0.15) is 112 Å². The highest BCUT2D eigenvalue weighted by atomic mass is 16.4. The van der Waals surface area contributed by atoms with Gasteiger partial charge in [-0.25, -0.2) is 0 Å². The van der Waals surface area contributed by atoms with Crippen LogP contribution in [-0.2, 0) is 35.2 Å². The van der Waals surface area contributed by atoms with Gasteiger partial charge in [0, 0.05) is 12.8 Å². The van der Waals surface area contributed by atoms with Crippen LogP contribution in [0.25, 0.3) is 0 Å². The molecule has 1 aromatic carbocycles. The molecular formula is C39H65N5O9. The summed E-state index contributed by atoms with van der Waals surface area (Å²) in [7, 11) is 0. The van der Waals surface area contributed by atoms with Crippen molar-refractivity contribution in [2.45, 2.75) is 156 Å². The number of rotatable bonds is 25. The number of carboxylic acids is 1. The molecule has 300 valence electrons. The van der Waals surface area contributed by atoms with Crippen molar-refractivity contribution in [3.05, 3.63) is 35.9 Å². The van der Waals surface area contributed by atoms with Crippen LogP contribution in [0, 0.1) is 17.8 Å². The highest BCUT2D eigenvalue weighted by Gasteiger charge is 2.32. The van der Waals surface area contributed by atoms with E-state index in [4.69, 9.17) is 5.11 Å². The summed E-state index contributed by atoms with van der Waals surface area (Å²) >= 11 is 0. The van der Waals surface area contributed by atoms with Gasteiger partial charge in [-0.2, -0.15) is 0 Å². The molecule has 0 saturated carbocycles. The summed E-state index contributed by atoms with van der Waals surface area (Å²) in [6.07, 6.45) is -0.910. The third-order valence-electron chi connectivity index (χ3n) is 8.59. The molecule has 7 unspecified atom stereocenters. The minimum absolute atomic E-state index is 0.00735. The summed E-state index contributed by atoms with van der Waals surface area (Å²) in [5.41, 5.74) is 0.836. The predicted octanol–water partition coefficient (Wildman–Crippen LogP) is 2.59. The maximum atomic E-state index is 13.7. The summed E-state index contributed by atoms with van der Waals surface area (Å²) in [5, 5.41) is 44.3. The first-order valence-electron chi connectivity index (χ1n) is 18.9. The van der Waals surface area contributed by atoms with E-state index < -0.39 is 84.9 Å². The molecule has 7 atom stereocenters. The standard InChI is InChI=1S/C39H65N5O9/c1-9-10-16-28(42-39(53)31(41-34(47)19-25(6)7)20-27-14-12-11-13-15-27)38(52)44-29(17-23(2)3)32(45)21-35(48)40-26(8)37(51)43-30(18-24(4)5)33(46)22-36(49)50/h11-15,23-26,28-33,45-46H,9-10,16-22H2,1-8H3,(H,40,48)(H,41,47)(H,42,53)(H,43,51)(H,44,52)(H,49,50). The fourth-order valence-electron chi connectivity index (χ4n) is 5.88. The molecule has 0 aliphatic carbocycles. The molecule has 1 rings (SSSR count). The third-order valence-corrected chi connectivity index (χ3v) is 8.59. The minimum Gasteiger partial charge on any atom is -0.481 e. The van der Waals surface area contributed by atoms with Crippen molar-refractivity contribution in [1.82, 2.24) is 26.6 Å². The van der Waals surface area contributed by atoms with Crippen molar-refractivity contribution in [3.8, 4) is 0 Å². The minimum atomic E-state index is -1.34. The number of aliphatic hydroxyl groups is 2. The van der Waals surface area contributed by atoms with Crippen molar-refractivity contribution in [3.63, 3.8) is 0 Å². The van der Waals surface area contributed by atoms with Gasteiger partial charge in [-0.05, 0) is 49.5 Å². The van der Waals surface area contributed by atoms with E-state index in [9.17, 15) is 39.0 Å². The first-order valence-corrected chi connectivity index (χ1v) is 18.9. The Kier molecular flexibility index (Phi) is 21.5. The van der Waals surface area contributed by atoms with Crippen molar-refractivity contribution < 1.29 is 44.1 Å². The van der Waals surface area contributed by atoms with Gasteiger partial charge in [0.05, 0.1) is 37.1 Å². The van der Waals surface area contributed by atoms with Gasteiger partial charge in [-0.15, -0.1) is 0 Å². The fourth-order valence-corrected chi connectivity index (χ4v) is 5.88. The van der Waals surface area contributed by atoms with Gasteiger partial charge in [0.15, 0.2) is 0 Å². The maximum Gasteiger partial charge on any atom is 0.306 e. The van der Waals surface area contributed by atoms with E-state index in [-0.39, 0.29) is 36.5 Å². The van der Waals surface area contributed by atoms with Crippen LogP contribution in [0.15, 0.2) is 30.3 Å². The third kappa shape index (κ3) is 19.6. The molecule has 0 fully saturated rings. The van der Waals surface area contributed by atoms with Crippen molar-refractivity contribution in [2.75, 3.05) is 0 Å². The highest BCUT2D eigenvalue weighted by molar-refractivity contribution is 5.92. The molecule has 0 aliphatic rings. The number of aliphatic hydroxyl groups excluding tert-OH is 2. The second-order valence-corrected chi connectivity index (χ2v) is 15.3. The number of aliphatic carboxylic acids is 1. The van der Waals surface area contributed by atoms with E-state index in [0.29, 0.717) is 25.7 Å². The van der Waals surface area contributed by atoms with Crippen LogP contribution < -0.4 is 26.6 Å². The molecule has 8 N–H and O–H groups in total. The van der Waals surface area contributed by atoms with Gasteiger partial charge in [0.1, 0.15) is 18.1 Å². The monoisotopic (exact) mass is 747 g/mol. The topological polar surface area (TPSA) is 223 Å². The molecule has 1 aromatic rings. The average Bonchev–Trinajstić information content (AvgIpc) is 3.04. The number of carboxylic acid groups (broad SMARTS) is 1. The molecule has 0 aromatic heterocycles. The number of carbonyl (C=O) groups excluding carboxylic acids is 5. The molecule has 0 bridgehead atoms.